The van der Waals surface area contributed by atoms with Crippen molar-refractivity contribution >= 4 is 16.3 Å². The van der Waals surface area contributed by atoms with E-state index in [4.69, 9.17) is 10.3 Å². The van der Waals surface area contributed by atoms with Gasteiger partial charge in [-0.2, -0.15) is 17.8 Å². The lowest BCUT2D eigenvalue weighted by Crippen LogP contribution is -2.64. The zero-order valence-electron chi connectivity index (χ0n) is 12.3. The molecule has 4 N–H and O–H groups in total. The van der Waals surface area contributed by atoms with Gasteiger partial charge in [0.1, 0.15) is 5.54 Å². The van der Waals surface area contributed by atoms with E-state index in [1.54, 1.807) is 0 Å². The van der Waals surface area contributed by atoms with E-state index >= 15 is 0 Å². The van der Waals surface area contributed by atoms with Crippen LogP contribution in [0, 0.1) is 5.92 Å². The Bertz CT molecular complexity index is 550. The van der Waals surface area contributed by atoms with E-state index in [0.717, 1.165) is 25.9 Å². The third-order valence-electron chi connectivity index (χ3n) is 5.20. The predicted molar refractivity (Wildman–Crippen MR) is 76.6 cm³/mol. The van der Waals surface area contributed by atoms with Gasteiger partial charge in [0, 0.05) is 6.54 Å². The number of hydrogen-bond donors (Lipinski definition) is 3. The van der Waals surface area contributed by atoms with Crippen LogP contribution >= 0.6 is 0 Å². The van der Waals surface area contributed by atoms with Gasteiger partial charge in [0.15, 0.2) is 0 Å². The molecule has 0 aromatic rings. The summed E-state index contributed by atoms with van der Waals surface area (Å²) in [5.41, 5.74) is 5.01. The lowest BCUT2D eigenvalue weighted by atomic mass is 9.71. The van der Waals surface area contributed by atoms with Crippen molar-refractivity contribution in [2.45, 2.75) is 37.3 Å². The highest BCUT2D eigenvalue weighted by atomic mass is 32.3. The number of rotatable bonds is 4. The Hall–Kier alpha value is -0.780. The number of piperidine rings is 2. The van der Waals surface area contributed by atoms with Crippen molar-refractivity contribution in [3.63, 3.8) is 0 Å². The van der Waals surface area contributed by atoms with Crippen molar-refractivity contribution in [3.8, 4) is 0 Å². The monoisotopic (exact) mass is 334 g/mol. The molecule has 0 aromatic heterocycles. The number of primary amides is 1. The summed E-state index contributed by atoms with van der Waals surface area (Å²) >= 11 is 0. The molecule has 2 bridgehead atoms. The molecule has 3 fully saturated rings. The van der Waals surface area contributed by atoms with Crippen LogP contribution in [0.2, 0.25) is 0 Å². The van der Waals surface area contributed by atoms with Gasteiger partial charge in [-0.1, -0.05) is 0 Å². The fraction of sp³-hybridized carbons (Fsp3) is 0.917. The molecular formula is C12H22N4O5S. The Balaban J connectivity index is 1.83. The smallest absolute Gasteiger partial charge is 0.368 e. The zero-order valence-corrected chi connectivity index (χ0v) is 13.1. The van der Waals surface area contributed by atoms with E-state index in [1.165, 1.54) is 5.06 Å². The van der Waals surface area contributed by atoms with E-state index in [0.29, 0.717) is 19.4 Å². The van der Waals surface area contributed by atoms with Gasteiger partial charge in [-0.3, -0.25) is 14.2 Å². The van der Waals surface area contributed by atoms with Crippen molar-refractivity contribution < 1.29 is 22.0 Å². The number of carbonyl (C=O) groups excluding carboxylic acids is 1. The van der Waals surface area contributed by atoms with Crippen LogP contribution in [-0.2, 0) is 19.5 Å². The number of nitrogens with zero attached hydrogens (tertiary/aromatic N) is 2. The Kier molecular flexibility index (Phi) is 4.16. The van der Waals surface area contributed by atoms with Crippen molar-refractivity contribution in [3.05, 3.63) is 0 Å². The van der Waals surface area contributed by atoms with Crippen LogP contribution in [0.3, 0.4) is 0 Å². The highest BCUT2D eigenvalue weighted by Crippen LogP contribution is 2.43. The molecule has 22 heavy (non-hydrogen) atoms. The fourth-order valence-electron chi connectivity index (χ4n) is 4.20. The molecule has 3 atom stereocenters. The quantitative estimate of drug-likeness (QED) is 0.541. The largest absolute Gasteiger partial charge is 0.413 e. The molecule has 3 saturated heterocycles. The third-order valence-corrected chi connectivity index (χ3v) is 5.58. The van der Waals surface area contributed by atoms with Crippen LogP contribution in [0.4, 0.5) is 0 Å². The van der Waals surface area contributed by atoms with Crippen LogP contribution in [0.25, 0.3) is 0 Å². The molecule has 3 aliphatic heterocycles. The first-order valence-electron chi connectivity index (χ1n) is 7.52. The Morgan fingerprint density at radius 2 is 2.00 bits per heavy atom. The van der Waals surface area contributed by atoms with E-state index in [1.807, 2.05) is 4.90 Å². The Morgan fingerprint density at radius 1 is 1.32 bits per heavy atom. The molecule has 0 spiro atoms. The summed E-state index contributed by atoms with van der Waals surface area (Å²) in [6.45, 7) is 2.37. The maximum Gasteiger partial charge on any atom is 0.413 e. The van der Waals surface area contributed by atoms with Gasteiger partial charge in [0.2, 0.25) is 5.91 Å². The predicted octanol–water partition coefficient (Wildman–Crippen LogP) is -1.32. The third kappa shape index (κ3) is 2.74. The van der Waals surface area contributed by atoms with Crippen molar-refractivity contribution in [2.24, 2.45) is 11.7 Å². The van der Waals surface area contributed by atoms with E-state index < -0.39 is 15.9 Å². The maximum atomic E-state index is 12.3. The second kappa shape index (κ2) is 5.69. The normalized spacial score (nSPS) is 37.3. The minimum atomic E-state index is -4.56. The first-order valence-corrected chi connectivity index (χ1v) is 8.89. The summed E-state index contributed by atoms with van der Waals surface area (Å²) < 4.78 is 35.4. The fourth-order valence-corrected chi connectivity index (χ4v) is 4.61. The second-order valence-electron chi connectivity index (χ2n) is 6.29. The van der Waals surface area contributed by atoms with Gasteiger partial charge in [-0.05, 0) is 44.7 Å². The number of hydroxylamine groups is 2. The molecule has 0 aliphatic carbocycles. The first-order chi connectivity index (χ1) is 10.3. The standard InChI is InChI=1S/C12H22N4O5S/c13-11(17)12(9-2-5-14-6-3-9)4-1-10-7-15(12)8-16(10)21-22(18,19)20/h9-10,14H,1-8H2,(H2,13,17)(H,18,19,20). The van der Waals surface area contributed by atoms with Gasteiger partial charge in [-0.15, -0.1) is 0 Å². The molecule has 126 valence electrons. The number of fused-ring (bicyclic) bond motifs is 2. The molecule has 9 nitrogen and oxygen atoms in total. The van der Waals surface area contributed by atoms with Gasteiger partial charge in [0.25, 0.3) is 0 Å². The topological polar surface area (TPSA) is 125 Å². The first kappa shape index (κ1) is 16.1. The number of nitrogens with one attached hydrogen (secondary N) is 1. The van der Waals surface area contributed by atoms with Crippen LogP contribution in [0.1, 0.15) is 25.7 Å². The number of nitrogens with two attached hydrogens (primary N) is 1. The van der Waals surface area contributed by atoms with Crippen molar-refractivity contribution in [2.75, 3.05) is 26.3 Å². The number of hydrogen-bond acceptors (Lipinski definition) is 7. The van der Waals surface area contributed by atoms with E-state index in [9.17, 15) is 13.2 Å². The van der Waals surface area contributed by atoms with Crippen LogP contribution in [0.15, 0.2) is 0 Å². The Morgan fingerprint density at radius 3 is 2.59 bits per heavy atom. The second-order valence-corrected chi connectivity index (χ2v) is 7.29. The van der Waals surface area contributed by atoms with E-state index in [2.05, 4.69) is 9.60 Å². The molecule has 3 rings (SSSR count). The van der Waals surface area contributed by atoms with Crippen molar-refractivity contribution in [1.82, 2.24) is 15.3 Å². The number of carbonyl (C=O) groups is 1. The molecule has 1 amide bonds. The average Bonchev–Trinajstić information content (AvgIpc) is 2.76. The highest BCUT2D eigenvalue weighted by Gasteiger charge is 2.56. The summed E-state index contributed by atoms with van der Waals surface area (Å²) in [7, 11) is -4.56. The molecule has 10 heteroatoms. The SMILES string of the molecule is NC(=O)C1(C2CCNCC2)CCC2CN1CN2OS(=O)(=O)O. The molecule has 0 aromatic carbocycles. The van der Waals surface area contributed by atoms with Crippen molar-refractivity contribution in [1.29, 1.82) is 0 Å². The van der Waals surface area contributed by atoms with Gasteiger partial charge in [0.05, 0.1) is 12.7 Å². The minimum absolute atomic E-state index is 0.150. The molecular weight excluding hydrogens is 312 g/mol. The molecule has 0 saturated carbocycles. The Labute approximate surface area is 129 Å². The summed E-state index contributed by atoms with van der Waals surface area (Å²) in [6.07, 6.45) is 2.93. The summed E-state index contributed by atoms with van der Waals surface area (Å²) in [5, 5.41) is 4.51. The van der Waals surface area contributed by atoms with Crippen LogP contribution in [0.5, 0.6) is 0 Å². The van der Waals surface area contributed by atoms with Gasteiger partial charge >= 0.3 is 10.4 Å². The summed E-state index contributed by atoms with van der Waals surface area (Å²) in [5.74, 6) is -0.204. The maximum absolute atomic E-state index is 12.3. The summed E-state index contributed by atoms with van der Waals surface area (Å²) in [6, 6.07) is -0.156. The molecule has 3 heterocycles. The van der Waals surface area contributed by atoms with Crippen LogP contribution in [-0.4, -0.2) is 66.7 Å². The summed E-state index contributed by atoms with van der Waals surface area (Å²) in [4.78, 5) is 14.2. The highest BCUT2D eigenvalue weighted by molar-refractivity contribution is 7.80. The lowest BCUT2D eigenvalue weighted by molar-refractivity contribution is -0.137. The molecule has 0 radical (unpaired) electrons. The van der Waals surface area contributed by atoms with Crippen LogP contribution < -0.4 is 11.1 Å². The van der Waals surface area contributed by atoms with Gasteiger partial charge in [-0.25, -0.2) is 0 Å². The van der Waals surface area contributed by atoms with E-state index in [-0.39, 0.29) is 24.5 Å². The zero-order chi connectivity index (χ0) is 16.0. The molecule has 3 unspecified atom stereocenters. The van der Waals surface area contributed by atoms with Gasteiger partial charge < -0.3 is 11.1 Å². The number of amides is 1. The average molecular weight is 334 g/mol. The lowest BCUT2D eigenvalue weighted by Gasteiger charge is -2.48. The molecule has 3 aliphatic rings. The minimum Gasteiger partial charge on any atom is -0.368 e.